The van der Waals surface area contributed by atoms with Crippen LogP contribution in [0.1, 0.15) is 16.1 Å². The number of carbonyl (C=O) groups is 1. The second-order valence-electron chi connectivity index (χ2n) is 3.25. The lowest BCUT2D eigenvalue weighted by Gasteiger charge is -2.00. The minimum Gasteiger partial charge on any atom is -0.478 e. The van der Waals surface area contributed by atoms with E-state index in [1.54, 1.807) is 6.92 Å². The van der Waals surface area contributed by atoms with Gasteiger partial charge in [0.1, 0.15) is 5.56 Å². The van der Waals surface area contributed by atoms with Crippen molar-refractivity contribution in [3.05, 3.63) is 39.2 Å². The molecule has 0 saturated carbocycles. The summed E-state index contributed by atoms with van der Waals surface area (Å²) in [5.41, 5.74) is -0.166. The summed E-state index contributed by atoms with van der Waals surface area (Å²) >= 11 is 5.75. The Labute approximate surface area is 99.7 Å². The minimum absolute atomic E-state index is 0.0307. The van der Waals surface area contributed by atoms with Gasteiger partial charge in [-0.1, -0.05) is 11.6 Å². The highest BCUT2D eigenvalue weighted by molar-refractivity contribution is 6.31. The molecule has 0 bridgehead atoms. The molecule has 0 fully saturated rings. The van der Waals surface area contributed by atoms with E-state index in [2.05, 4.69) is 15.1 Å². The Kier molecular flexibility index (Phi) is 2.68. The number of aryl methyl sites for hydroxylation is 1. The molecular formula is C9H7ClN4O3. The molecule has 2 aromatic heterocycles. The molecule has 88 valence electrons. The van der Waals surface area contributed by atoms with Crippen molar-refractivity contribution in [1.82, 2.24) is 19.7 Å². The van der Waals surface area contributed by atoms with Crippen LogP contribution in [0.2, 0.25) is 5.02 Å². The van der Waals surface area contributed by atoms with Crippen molar-refractivity contribution < 1.29 is 9.90 Å². The van der Waals surface area contributed by atoms with Gasteiger partial charge in [-0.3, -0.25) is 4.79 Å². The lowest BCUT2D eigenvalue weighted by Crippen LogP contribution is -2.12. The molecule has 8 heteroatoms. The number of H-pyrrole nitrogens is 1. The molecule has 0 radical (unpaired) electrons. The predicted octanol–water partition coefficient (Wildman–Crippen LogP) is 0.616. The van der Waals surface area contributed by atoms with Crippen LogP contribution >= 0.6 is 11.6 Å². The highest BCUT2D eigenvalue weighted by Gasteiger charge is 2.15. The molecule has 0 unspecified atom stereocenters. The molecule has 17 heavy (non-hydrogen) atoms. The van der Waals surface area contributed by atoms with Crippen molar-refractivity contribution in [2.45, 2.75) is 6.92 Å². The average Bonchev–Trinajstić information content (AvgIpc) is 2.64. The van der Waals surface area contributed by atoms with Gasteiger partial charge in [0.15, 0.2) is 10.8 Å². The van der Waals surface area contributed by atoms with Crippen molar-refractivity contribution in [2.75, 3.05) is 0 Å². The van der Waals surface area contributed by atoms with Crippen LogP contribution in [-0.4, -0.2) is 30.8 Å². The summed E-state index contributed by atoms with van der Waals surface area (Å²) in [7, 11) is 0. The Morgan fingerprint density at radius 2 is 2.29 bits per heavy atom. The molecule has 7 nitrogen and oxygen atoms in total. The van der Waals surface area contributed by atoms with Gasteiger partial charge in [-0.2, -0.15) is 5.10 Å². The van der Waals surface area contributed by atoms with Gasteiger partial charge in [-0.15, -0.1) is 0 Å². The second kappa shape index (κ2) is 4.02. The molecule has 0 aliphatic rings. The maximum atomic E-state index is 11.3. The number of hydrogen-bond acceptors (Lipinski definition) is 4. The SMILES string of the molecule is Cc1nn(-c2nc[nH]c(=O)c2Cl)cc1C(=O)O. The molecule has 0 spiro atoms. The van der Waals surface area contributed by atoms with E-state index in [-0.39, 0.29) is 16.4 Å². The number of carboxylic acids is 1. The molecule has 0 atom stereocenters. The molecule has 0 saturated heterocycles. The van der Waals surface area contributed by atoms with Crippen LogP contribution in [-0.2, 0) is 0 Å². The summed E-state index contributed by atoms with van der Waals surface area (Å²) in [6, 6.07) is 0. The first-order chi connectivity index (χ1) is 8.00. The molecular weight excluding hydrogens is 248 g/mol. The maximum Gasteiger partial charge on any atom is 0.339 e. The third-order valence-electron chi connectivity index (χ3n) is 2.12. The van der Waals surface area contributed by atoms with Crippen LogP contribution in [0.5, 0.6) is 0 Å². The van der Waals surface area contributed by atoms with E-state index in [0.29, 0.717) is 5.69 Å². The summed E-state index contributed by atoms with van der Waals surface area (Å²) in [5.74, 6) is -1.01. The lowest BCUT2D eigenvalue weighted by atomic mass is 10.3. The third-order valence-corrected chi connectivity index (χ3v) is 2.47. The Bertz CT molecular complexity index is 646. The summed E-state index contributed by atoms with van der Waals surface area (Å²) < 4.78 is 1.16. The second-order valence-corrected chi connectivity index (χ2v) is 3.63. The first-order valence-corrected chi connectivity index (χ1v) is 4.91. The van der Waals surface area contributed by atoms with Crippen LogP contribution in [0.3, 0.4) is 0 Å². The summed E-state index contributed by atoms with van der Waals surface area (Å²) in [4.78, 5) is 28.2. The minimum atomic E-state index is -1.10. The average molecular weight is 255 g/mol. The van der Waals surface area contributed by atoms with E-state index in [9.17, 15) is 9.59 Å². The van der Waals surface area contributed by atoms with E-state index in [1.807, 2.05) is 0 Å². The maximum absolute atomic E-state index is 11.3. The number of aromatic carboxylic acids is 1. The molecule has 0 aromatic carbocycles. The molecule has 2 heterocycles. The van der Waals surface area contributed by atoms with Gasteiger partial charge < -0.3 is 10.1 Å². The first kappa shape index (κ1) is 11.3. The lowest BCUT2D eigenvalue weighted by molar-refractivity contribution is 0.0696. The van der Waals surface area contributed by atoms with Gasteiger partial charge in [0.2, 0.25) is 0 Å². The van der Waals surface area contributed by atoms with Crippen LogP contribution < -0.4 is 5.56 Å². The highest BCUT2D eigenvalue weighted by atomic mass is 35.5. The Balaban J connectivity index is 2.62. The topological polar surface area (TPSA) is 101 Å². The fraction of sp³-hybridized carbons (Fsp3) is 0.111. The van der Waals surface area contributed by atoms with Crippen LogP contribution in [0, 0.1) is 6.92 Å². The van der Waals surface area contributed by atoms with Gasteiger partial charge in [0.25, 0.3) is 5.56 Å². The third kappa shape index (κ3) is 1.92. The molecule has 2 rings (SSSR count). The van der Waals surface area contributed by atoms with Crippen molar-refractivity contribution in [1.29, 1.82) is 0 Å². The summed E-state index contributed by atoms with van der Waals surface area (Å²) in [6.07, 6.45) is 2.42. The van der Waals surface area contributed by atoms with Crippen LogP contribution in [0.4, 0.5) is 0 Å². The smallest absolute Gasteiger partial charge is 0.339 e. The number of nitrogens with zero attached hydrogens (tertiary/aromatic N) is 3. The van der Waals surface area contributed by atoms with E-state index in [0.717, 1.165) is 4.68 Å². The van der Waals surface area contributed by atoms with Gasteiger partial charge in [0.05, 0.1) is 12.0 Å². The van der Waals surface area contributed by atoms with E-state index in [4.69, 9.17) is 16.7 Å². The fourth-order valence-electron chi connectivity index (χ4n) is 1.31. The van der Waals surface area contributed by atoms with Gasteiger partial charge in [-0.05, 0) is 6.92 Å². The first-order valence-electron chi connectivity index (χ1n) is 4.54. The number of rotatable bonds is 2. The van der Waals surface area contributed by atoms with E-state index in [1.165, 1.54) is 12.5 Å². The Morgan fingerprint density at radius 3 is 2.88 bits per heavy atom. The van der Waals surface area contributed by atoms with Gasteiger partial charge >= 0.3 is 5.97 Å². The normalized spacial score (nSPS) is 10.5. The Morgan fingerprint density at radius 1 is 1.59 bits per heavy atom. The molecule has 0 aliphatic carbocycles. The number of aromatic nitrogens is 4. The summed E-state index contributed by atoms with van der Waals surface area (Å²) in [6.45, 7) is 1.54. The van der Waals surface area contributed by atoms with Crippen molar-refractivity contribution in [2.24, 2.45) is 0 Å². The number of carboxylic acid groups (broad SMARTS) is 1. The predicted molar refractivity (Wildman–Crippen MR) is 58.7 cm³/mol. The summed E-state index contributed by atoms with van der Waals surface area (Å²) in [5, 5.41) is 12.7. The highest BCUT2D eigenvalue weighted by Crippen LogP contribution is 2.14. The molecule has 2 N–H and O–H groups in total. The van der Waals surface area contributed by atoms with Crippen molar-refractivity contribution in [3.63, 3.8) is 0 Å². The quantitative estimate of drug-likeness (QED) is 0.818. The monoisotopic (exact) mass is 254 g/mol. The van der Waals surface area contributed by atoms with E-state index >= 15 is 0 Å². The fourth-order valence-corrected chi connectivity index (χ4v) is 1.50. The largest absolute Gasteiger partial charge is 0.478 e. The van der Waals surface area contributed by atoms with E-state index < -0.39 is 11.5 Å². The molecule has 2 aromatic rings. The zero-order valence-electron chi connectivity index (χ0n) is 8.64. The number of halogens is 1. The van der Waals surface area contributed by atoms with Crippen molar-refractivity contribution >= 4 is 17.6 Å². The van der Waals surface area contributed by atoms with Gasteiger partial charge in [-0.25, -0.2) is 14.5 Å². The van der Waals surface area contributed by atoms with Crippen molar-refractivity contribution in [3.8, 4) is 5.82 Å². The van der Waals surface area contributed by atoms with Crippen LogP contribution in [0.25, 0.3) is 5.82 Å². The zero-order valence-corrected chi connectivity index (χ0v) is 9.39. The number of nitrogens with one attached hydrogen (secondary N) is 1. The zero-order chi connectivity index (χ0) is 12.6. The van der Waals surface area contributed by atoms with Crippen LogP contribution in [0.15, 0.2) is 17.3 Å². The Hall–Kier alpha value is -2.15. The number of aromatic amines is 1. The van der Waals surface area contributed by atoms with Gasteiger partial charge in [0, 0.05) is 6.20 Å². The molecule has 0 amide bonds. The standard InChI is InChI=1S/C9H7ClN4O3/c1-4-5(9(16)17)2-14(13-4)7-6(10)8(15)12-3-11-7/h2-3H,1H3,(H,16,17)(H,11,12,15). The number of hydrogen-bond donors (Lipinski definition) is 2. The molecule has 0 aliphatic heterocycles.